The van der Waals surface area contributed by atoms with Gasteiger partial charge in [0.2, 0.25) is 0 Å². The van der Waals surface area contributed by atoms with Gasteiger partial charge in [-0.2, -0.15) is 0 Å². The van der Waals surface area contributed by atoms with Crippen molar-refractivity contribution in [1.29, 1.82) is 0 Å². The highest BCUT2D eigenvalue weighted by Crippen LogP contribution is 2.20. The fourth-order valence-electron chi connectivity index (χ4n) is 1.72. The van der Waals surface area contributed by atoms with E-state index >= 15 is 0 Å². The molecule has 0 saturated carbocycles. The Kier molecular flexibility index (Phi) is 3.53. The Bertz CT molecular complexity index is 483. The maximum atomic E-state index is 4.31. The topological polar surface area (TPSA) is 24.9 Å². The third kappa shape index (κ3) is 2.40. The molecule has 0 fully saturated rings. The molecule has 16 heavy (non-hydrogen) atoms. The van der Waals surface area contributed by atoms with E-state index in [2.05, 4.69) is 43.7 Å². The smallest absolute Gasteiger partial charge is 0.0407 e. The van der Waals surface area contributed by atoms with Gasteiger partial charge in [0.25, 0.3) is 0 Å². The molecule has 1 aromatic carbocycles. The Hall–Kier alpha value is -1.40. The van der Waals surface area contributed by atoms with Gasteiger partial charge in [0.05, 0.1) is 0 Å². The van der Waals surface area contributed by atoms with Crippen LogP contribution in [0.2, 0.25) is 0 Å². The summed E-state index contributed by atoms with van der Waals surface area (Å²) in [6.45, 7) is 2.05. The molecule has 0 aliphatic heterocycles. The molecule has 0 aliphatic carbocycles. The van der Waals surface area contributed by atoms with Crippen molar-refractivity contribution in [2.75, 3.05) is 5.09 Å². The molecule has 0 radical (unpaired) electrons. The molecule has 1 aromatic heterocycles. The van der Waals surface area contributed by atoms with E-state index in [0.29, 0.717) is 0 Å². The molecule has 1 N–H and O–H groups in total. The fourth-order valence-corrected chi connectivity index (χ4v) is 2.01. The largest absolute Gasteiger partial charge is 0.369 e. The third-order valence-electron chi connectivity index (χ3n) is 2.67. The molecule has 2 aromatic rings. The second-order valence-corrected chi connectivity index (χ2v) is 4.01. The molecule has 1 heterocycles. The highest BCUT2D eigenvalue weighted by Gasteiger charge is 2.03. The molecule has 0 bridgehead atoms. The second kappa shape index (κ2) is 5.09. The second-order valence-electron chi connectivity index (χ2n) is 3.73. The molecule has 0 saturated heterocycles. The van der Waals surface area contributed by atoms with Crippen LogP contribution in [0.4, 0.5) is 5.69 Å². The number of hydrogen-bond donors (Lipinski definition) is 1. The molecule has 1 atom stereocenters. The van der Waals surface area contributed by atoms with E-state index in [9.17, 15) is 0 Å². The van der Waals surface area contributed by atoms with Gasteiger partial charge in [-0.1, -0.05) is 24.3 Å². The fraction of sp³-hybridized carbons (Fsp3) is 0.154. The van der Waals surface area contributed by atoms with Crippen molar-refractivity contribution < 1.29 is 0 Å². The summed E-state index contributed by atoms with van der Waals surface area (Å²) in [6.07, 6.45) is 2.75. The van der Waals surface area contributed by atoms with Crippen LogP contribution in [0.15, 0.2) is 42.6 Å². The molecule has 82 valence electrons. The minimum atomic E-state index is 0.914. The third-order valence-corrected chi connectivity index (χ3v) is 2.98. The number of nitrogens with one attached hydrogen (secondary N) is 1. The first-order valence-electron chi connectivity index (χ1n) is 5.26. The van der Waals surface area contributed by atoms with E-state index in [1.54, 1.807) is 0 Å². The van der Waals surface area contributed by atoms with Gasteiger partial charge in [-0.25, -0.2) is 0 Å². The first kappa shape index (κ1) is 11.1. The first-order chi connectivity index (χ1) is 7.81. The van der Waals surface area contributed by atoms with E-state index in [4.69, 9.17) is 0 Å². The van der Waals surface area contributed by atoms with Crippen LogP contribution in [-0.4, -0.2) is 4.98 Å². The maximum Gasteiger partial charge on any atom is 0.0407 e. The lowest BCUT2D eigenvalue weighted by atomic mass is 10.0. The Morgan fingerprint density at radius 2 is 1.88 bits per heavy atom. The Morgan fingerprint density at radius 1 is 1.12 bits per heavy atom. The van der Waals surface area contributed by atoms with Crippen molar-refractivity contribution in [2.45, 2.75) is 13.3 Å². The number of aromatic nitrogens is 1. The van der Waals surface area contributed by atoms with Crippen LogP contribution in [0.5, 0.6) is 0 Å². The predicted octanol–water partition coefficient (Wildman–Crippen LogP) is 3.18. The average molecular weight is 230 g/mol. The van der Waals surface area contributed by atoms with Crippen LogP contribution in [-0.2, 0) is 6.42 Å². The van der Waals surface area contributed by atoms with E-state index < -0.39 is 0 Å². The molecule has 0 aliphatic rings. The van der Waals surface area contributed by atoms with Crippen molar-refractivity contribution in [2.24, 2.45) is 0 Å². The number of aryl methyl sites for hydroxylation is 1. The minimum absolute atomic E-state index is 0.914. The average Bonchev–Trinajstić information content (AvgIpc) is 2.33. The number of pyridine rings is 1. The monoisotopic (exact) mass is 230 g/mol. The predicted molar refractivity (Wildman–Crippen MR) is 71.6 cm³/mol. The lowest BCUT2D eigenvalue weighted by Gasteiger charge is -2.09. The quantitative estimate of drug-likeness (QED) is 0.819. The van der Waals surface area contributed by atoms with Crippen molar-refractivity contribution in [3.05, 3.63) is 59.4 Å². The van der Waals surface area contributed by atoms with Gasteiger partial charge in [0.15, 0.2) is 0 Å². The normalized spacial score (nSPS) is 10.1. The van der Waals surface area contributed by atoms with Crippen LogP contribution >= 0.6 is 9.39 Å². The zero-order chi connectivity index (χ0) is 11.4. The highest BCUT2D eigenvalue weighted by molar-refractivity contribution is 7.18. The summed E-state index contributed by atoms with van der Waals surface area (Å²) in [7, 11) is 2.54. The van der Waals surface area contributed by atoms with Crippen LogP contribution in [0.3, 0.4) is 0 Å². The Balaban J connectivity index is 2.30. The van der Waals surface area contributed by atoms with Crippen molar-refractivity contribution in [3.63, 3.8) is 0 Å². The van der Waals surface area contributed by atoms with E-state index in [-0.39, 0.29) is 0 Å². The Morgan fingerprint density at radius 3 is 2.62 bits per heavy atom. The summed E-state index contributed by atoms with van der Waals surface area (Å²) in [4.78, 5) is 4.31. The van der Waals surface area contributed by atoms with Gasteiger partial charge in [-0.05, 0) is 39.6 Å². The molecule has 0 spiro atoms. The van der Waals surface area contributed by atoms with Gasteiger partial charge < -0.3 is 5.09 Å². The van der Waals surface area contributed by atoms with Gasteiger partial charge in [0, 0.05) is 24.0 Å². The van der Waals surface area contributed by atoms with Gasteiger partial charge >= 0.3 is 0 Å². The number of para-hydroxylation sites is 1. The van der Waals surface area contributed by atoms with Crippen molar-refractivity contribution in [3.8, 4) is 0 Å². The van der Waals surface area contributed by atoms with E-state index in [0.717, 1.165) is 17.8 Å². The summed E-state index contributed by atoms with van der Waals surface area (Å²) < 4.78 is 0. The molecule has 0 amide bonds. The van der Waals surface area contributed by atoms with Gasteiger partial charge in [0.1, 0.15) is 0 Å². The number of benzene rings is 1. The molecule has 1 unspecified atom stereocenters. The van der Waals surface area contributed by atoms with Crippen LogP contribution < -0.4 is 5.09 Å². The summed E-state index contributed by atoms with van der Waals surface area (Å²) in [6, 6.07) is 12.4. The number of hydrogen-bond acceptors (Lipinski definition) is 2. The first-order valence-corrected chi connectivity index (χ1v) is 5.84. The SMILES string of the molecule is Cc1ncccc1Cc1ccccc1NP. The number of rotatable bonds is 3. The van der Waals surface area contributed by atoms with E-state index in [1.807, 2.05) is 25.3 Å². The molecular weight excluding hydrogens is 215 g/mol. The van der Waals surface area contributed by atoms with E-state index in [1.165, 1.54) is 11.1 Å². The minimum Gasteiger partial charge on any atom is -0.369 e. The zero-order valence-corrected chi connectivity index (χ0v) is 10.4. The molecule has 3 heteroatoms. The van der Waals surface area contributed by atoms with Crippen LogP contribution in [0, 0.1) is 6.92 Å². The van der Waals surface area contributed by atoms with Crippen molar-refractivity contribution in [1.82, 2.24) is 4.98 Å². The van der Waals surface area contributed by atoms with Crippen LogP contribution in [0.25, 0.3) is 0 Å². The number of nitrogens with zero attached hydrogens (tertiary/aromatic N) is 1. The molecule has 2 rings (SSSR count). The van der Waals surface area contributed by atoms with Crippen LogP contribution in [0.1, 0.15) is 16.8 Å². The molecule has 2 nitrogen and oxygen atoms in total. The summed E-state index contributed by atoms with van der Waals surface area (Å²) in [5.74, 6) is 0. The summed E-state index contributed by atoms with van der Waals surface area (Å²) in [5.41, 5.74) is 4.81. The summed E-state index contributed by atoms with van der Waals surface area (Å²) in [5, 5.41) is 3.13. The lowest BCUT2D eigenvalue weighted by Crippen LogP contribution is -1.96. The lowest BCUT2D eigenvalue weighted by molar-refractivity contribution is 1.08. The van der Waals surface area contributed by atoms with Gasteiger partial charge in [-0.3, -0.25) is 4.98 Å². The maximum absolute atomic E-state index is 4.31. The zero-order valence-electron chi connectivity index (χ0n) is 9.27. The highest BCUT2D eigenvalue weighted by atomic mass is 31.0. The Labute approximate surface area is 98.4 Å². The standard InChI is InChI=1S/C13H15N2P/c1-10-11(6-4-8-14-10)9-12-5-2-3-7-13(12)15-16/h2-8,15H,9,16H2,1H3. The van der Waals surface area contributed by atoms with Gasteiger partial charge in [-0.15, -0.1) is 0 Å². The number of anilines is 1. The molecular formula is C13H15N2P. The van der Waals surface area contributed by atoms with Crippen molar-refractivity contribution >= 4 is 15.1 Å². The summed E-state index contributed by atoms with van der Waals surface area (Å²) >= 11 is 0.